The molecular formula is C10H23NO2. The second-order valence-corrected chi connectivity index (χ2v) is 4.00. The number of aliphatic hydroxyl groups excluding tert-OH is 1. The first-order valence-corrected chi connectivity index (χ1v) is 4.92. The highest BCUT2D eigenvalue weighted by Crippen LogP contribution is 2.04. The van der Waals surface area contributed by atoms with Gasteiger partial charge in [0.1, 0.15) is 0 Å². The molecule has 0 aromatic rings. The quantitative estimate of drug-likeness (QED) is 0.655. The first kappa shape index (κ1) is 12.9. The Morgan fingerprint density at radius 3 is 2.08 bits per heavy atom. The predicted octanol–water partition coefficient (Wildman–Crippen LogP) is 1.02. The Hall–Kier alpha value is -0.120. The third-order valence-corrected chi connectivity index (χ3v) is 2.35. The fourth-order valence-corrected chi connectivity index (χ4v) is 1.09. The van der Waals surface area contributed by atoms with E-state index in [2.05, 4.69) is 19.2 Å². The third kappa shape index (κ3) is 5.24. The summed E-state index contributed by atoms with van der Waals surface area (Å²) < 4.78 is 5.10. The van der Waals surface area contributed by atoms with Crippen molar-refractivity contribution in [1.82, 2.24) is 5.32 Å². The van der Waals surface area contributed by atoms with Crippen LogP contribution in [0, 0.1) is 5.92 Å². The highest BCUT2D eigenvalue weighted by atomic mass is 16.5. The molecule has 80 valence electrons. The highest BCUT2D eigenvalue weighted by molar-refractivity contribution is 4.76. The molecule has 0 aliphatic carbocycles. The minimum atomic E-state index is -0.321. The lowest BCUT2D eigenvalue weighted by Crippen LogP contribution is -2.47. The second-order valence-electron chi connectivity index (χ2n) is 4.00. The zero-order valence-electron chi connectivity index (χ0n) is 9.37. The maximum absolute atomic E-state index is 9.32. The predicted molar refractivity (Wildman–Crippen MR) is 54.8 cm³/mol. The van der Waals surface area contributed by atoms with Gasteiger partial charge in [-0.3, -0.25) is 0 Å². The summed E-state index contributed by atoms with van der Waals surface area (Å²) >= 11 is 0. The van der Waals surface area contributed by atoms with Gasteiger partial charge in [-0.25, -0.2) is 0 Å². The van der Waals surface area contributed by atoms with E-state index in [0.29, 0.717) is 18.6 Å². The molecule has 0 amide bonds. The van der Waals surface area contributed by atoms with Crippen LogP contribution in [0.5, 0.6) is 0 Å². The van der Waals surface area contributed by atoms with Crippen molar-refractivity contribution in [3.05, 3.63) is 0 Å². The van der Waals surface area contributed by atoms with E-state index >= 15 is 0 Å². The molecule has 0 heterocycles. The number of rotatable bonds is 6. The van der Waals surface area contributed by atoms with E-state index in [0.717, 1.165) is 0 Å². The molecule has 0 saturated carbocycles. The minimum Gasteiger partial charge on any atom is -0.392 e. The van der Waals surface area contributed by atoms with Gasteiger partial charge in [0, 0.05) is 19.2 Å². The van der Waals surface area contributed by atoms with Gasteiger partial charge in [-0.1, -0.05) is 13.8 Å². The summed E-state index contributed by atoms with van der Waals surface area (Å²) in [4.78, 5) is 0. The summed E-state index contributed by atoms with van der Waals surface area (Å²) in [6, 6.07) is 0.428. The average Bonchev–Trinajstić information content (AvgIpc) is 2.03. The second kappa shape index (κ2) is 6.35. The van der Waals surface area contributed by atoms with Gasteiger partial charge >= 0.3 is 0 Å². The minimum absolute atomic E-state index is 0.113. The summed E-state index contributed by atoms with van der Waals surface area (Å²) in [6.45, 7) is 8.75. The smallest absolute Gasteiger partial charge is 0.0662 e. The van der Waals surface area contributed by atoms with E-state index < -0.39 is 0 Å². The van der Waals surface area contributed by atoms with Gasteiger partial charge in [0.2, 0.25) is 0 Å². The number of hydrogen-bond donors (Lipinski definition) is 2. The Balaban J connectivity index is 3.94. The van der Waals surface area contributed by atoms with Crippen LogP contribution in [0.15, 0.2) is 0 Å². The Morgan fingerprint density at radius 1 is 1.23 bits per heavy atom. The van der Waals surface area contributed by atoms with E-state index in [-0.39, 0.29) is 12.1 Å². The van der Waals surface area contributed by atoms with Crippen molar-refractivity contribution in [3.63, 3.8) is 0 Å². The van der Waals surface area contributed by atoms with Crippen LogP contribution < -0.4 is 5.32 Å². The Bertz CT molecular complexity index is 126. The molecule has 3 unspecified atom stereocenters. The van der Waals surface area contributed by atoms with Gasteiger partial charge in [0.25, 0.3) is 0 Å². The maximum atomic E-state index is 9.32. The van der Waals surface area contributed by atoms with Crippen molar-refractivity contribution in [3.8, 4) is 0 Å². The zero-order valence-corrected chi connectivity index (χ0v) is 9.37. The Kier molecular flexibility index (Phi) is 6.29. The molecule has 0 aromatic carbocycles. The van der Waals surface area contributed by atoms with Crippen LogP contribution in [0.2, 0.25) is 0 Å². The molecule has 0 aliphatic rings. The molecular weight excluding hydrogens is 166 g/mol. The van der Waals surface area contributed by atoms with Crippen LogP contribution in [0.25, 0.3) is 0 Å². The Labute approximate surface area is 81.5 Å². The van der Waals surface area contributed by atoms with Crippen LogP contribution in [-0.2, 0) is 4.74 Å². The van der Waals surface area contributed by atoms with Crippen LogP contribution >= 0.6 is 0 Å². The average molecular weight is 189 g/mol. The lowest BCUT2D eigenvalue weighted by Gasteiger charge is -2.27. The third-order valence-electron chi connectivity index (χ3n) is 2.35. The summed E-state index contributed by atoms with van der Waals surface area (Å²) in [5.74, 6) is 0.515. The number of hydrogen-bond acceptors (Lipinski definition) is 3. The van der Waals surface area contributed by atoms with Crippen molar-refractivity contribution < 1.29 is 9.84 Å². The molecule has 0 saturated heterocycles. The van der Waals surface area contributed by atoms with Gasteiger partial charge in [-0.15, -0.1) is 0 Å². The Morgan fingerprint density at radius 2 is 1.77 bits per heavy atom. The fourth-order valence-electron chi connectivity index (χ4n) is 1.09. The number of aliphatic hydroxyl groups is 1. The molecule has 0 bridgehead atoms. The molecule has 0 aromatic heterocycles. The molecule has 13 heavy (non-hydrogen) atoms. The van der Waals surface area contributed by atoms with Crippen molar-refractivity contribution in [1.29, 1.82) is 0 Å². The first-order valence-electron chi connectivity index (χ1n) is 4.92. The van der Waals surface area contributed by atoms with E-state index in [1.807, 2.05) is 6.92 Å². The number of ether oxygens (including phenoxy) is 1. The summed E-state index contributed by atoms with van der Waals surface area (Å²) in [5.41, 5.74) is 0. The van der Waals surface area contributed by atoms with E-state index in [4.69, 9.17) is 4.74 Å². The maximum Gasteiger partial charge on any atom is 0.0662 e. The van der Waals surface area contributed by atoms with E-state index in [1.54, 1.807) is 14.0 Å². The summed E-state index contributed by atoms with van der Waals surface area (Å²) in [5, 5.41) is 12.7. The normalized spacial score (nSPS) is 18.7. The zero-order chi connectivity index (χ0) is 10.4. The molecule has 3 heteroatoms. The van der Waals surface area contributed by atoms with Crippen LogP contribution in [0.4, 0.5) is 0 Å². The number of methoxy groups -OCH3 is 1. The topological polar surface area (TPSA) is 41.5 Å². The lowest BCUT2D eigenvalue weighted by molar-refractivity contribution is 0.106. The lowest BCUT2D eigenvalue weighted by atomic mass is 10.0. The standard InChI is InChI=1S/C10H23NO2/c1-7(2)10(6-13-5)11-8(3)9(4)12/h7-12H,6H2,1-5H3. The van der Waals surface area contributed by atoms with Crippen LogP contribution in [-0.4, -0.2) is 37.0 Å². The summed E-state index contributed by atoms with van der Waals surface area (Å²) in [6.07, 6.45) is -0.321. The number of nitrogens with one attached hydrogen (secondary N) is 1. The fraction of sp³-hybridized carbons (Fsp3) is 1.00. The van der Waals surface area contributed by atoms with Gasteiger partial charge in [0.05, 0.1) is 12.7 Å². The molecule has 3 nitrogen and oxygen atoms in total. The van der Waals surface area contributed by atoms with Crippen molar-refractivity contribution >= 4 is 0 Å². The van der Waals surface area contributed by atoms with Gasteiger partial charge in [-0.05, 0) is 19.8 Å². The molecule has 0 rings (SSSR count). The molecule has 2 N–H and O–H groups in total. The summed E-state index contributed by atoms with van der Waals surface area (Å²) in [7, 11) is 1.70. The van der Waals surface area contributed by atoms with Crippen molar-refractivity contribution in [2.45, 2.75) is 45.9 Å². The van der Waals surface area contributed by atoms with Crippen LogP contribution in [0.3, 0.4) is 0 Å². The monoisotopic (exact) mass is 189 g/mol. The molecule has 3 atom stereocenters. The van der Waals surface area contributed by atoms with Crippen molar-refractivity contribution in [2.24, 2.45) is 5.92 Å². The van der Waals surface area contributed by atoms with E-state index in [9.17, 15) is 5.11 Å². The SMILES string of the molecule is COCC(NC(C)C(C)O)C(C)C. The molecule has 0 fully saturated rings. The first-order chi connectivity index (χ1) is 5.99. The largest absolute Gasteiger partial charge is 0.392 e. The van der Waals surface area contributed by atoms with Gasteiger partial charge in [-0.2, -0.15) is 0 Å². The van der Waals surface area contributed by atoms with Crippen molar-refractivity contribution in [2.75, 3.05) is 13.7 Å². The highest BCUT2D eigenvalue weighted by Gasteiger charge is 2.17. The van der Waals surface area contributed by atoms with Gasteiger partial charge in [0.15, 0.2) is 0 Å². The van der Waals surface area contributed by atoms with Crippen LogP contribution in [0.1, 0.15) is 27.7 Å². The molecule has 0 spiro atoms. The molecule has 0 radical (unpaired) electrons. The van der Waals surface area contributed by atoms with Gasteiger partial charge < -0.3 is 15.2 Å². The van der Waals surface area contributed by atoms with E-state index in [1.165, 1.54) is 0 Å². The molecule has 0 aliphatic heterocycles.